The predicted octanol–water partition coefficient (Wildman–Crippen LogP) is 7.62. The first-order chi connectivity index (χ1) is 16.6. The normalized spacial score (nSPS) is 15.8. The molecule has 0 heterocycles. The number of para-hydroxylation sites is 1. The van der Waals surface area contributed by atoms with E-state index in [9.17, 15) is 4.79 Å². The molecule has 1 aliphatic carbocycles. The van der Waals surface area contributed by atoms with Crippen molar-refractivity contribution in [3.05, 3.63) is 89.5 Å². The highest BCUT2D eigenvalue weighted by Gasteiger charge is 2.43. The maximum absolute atomic E-state index is 13.8. The molecule has 1 fully saturated rings. The van der Waals surface area contributed by atoms with Crippen LogP contribution in [0.1, 0.15) is 69.1 Å². The number of nitrogens with zero attached hydrogens (tertiary/aromatic N) is 1. The van der Waals surface area contributed by atoms with Crippen molar-refractivity contribution in [2.75, 3.05) is 0 Å². The molecule has 34 heavy (non-hydrogen) atoms. The first-order valence-corrected chi connectivity index (χ1v) is 12.5. The Morgan fingerprint density at radius 3 is 2.29 bits per heavy atom. The summed E-state index contributed by atoms with van der Waals surface area (Å²) in [6.45, 7) is 4.50. The van der Waals surface area contributed by atoms with E-state index in [-0.39, 0.29) is 5.97 Å². The molecule has 3 aromatic carbocycles. The maximum Gasteiger partial charge on any atom is 0.321 e. The molecule has 0 amide bonds. The van der Waals surface area contributed by atoms with Crippen LogP contribution in [-0.4, -0.2) is 5.97 Å². The second-order valence-corrected chi connectivity index (χ2v) is 9.63. The molecule has 3 nitrogen and oxygen atoms in total. The summed E-state index contributed by atoms with van der Waals surface area (Å²) < 4.78 is 6.16. The summed E-state index contributed by atoms with van der Waals surface area (Å²) in [7, 11) is 0. The van der Waals surface area contributed by atoms with E-state index in [1.165, 1.54) is 5.56 Å². The van der Waals surface area contributed by atoms with Gasteiger partial charge in [0.25, 0.3) is 0 Å². The van der Waals surface area contributed by atoms with Crippen LogP contribution < -0.4 is 4.74 Å². The molecule has 0 aliphatic heterocycles. The number of carbonyl (C=O) groups excluding carboxylic acids is 1. The van der Waals surface area contributed by atoms with Crippen molar-refractivity contribution >= 4 is 5.97 Å². The third-order valence-electron chi connectivity index (χ3n) is 7.30. The van der Waals surface area contributed by atoms with E-state index < -0.39 is 5.41 Å². The molecule has 1 aliphatic rings. The van der Waals surface area contributed by atoms with Gasteiger partial charge < -0.3 is 4.74 Å². The van der Waals surface area contributed by atoms with Crippen molar-refractivity contribution in [1.82, 2.24) is 0 Å². The fraction of sp³-hybridized carbons (Fsp3) is 0.355. The fourth-order valence-electron chi connectivity index (χ4n) is 4.99. The van der Waals surface area contributed by atoms with E-state index in [2.05, 4.69) is 44.2 Å². The lowest BCUT2D eigenvalue weighted by atomic mass is 9.69. The molecule has 4 rings (SSSR count). The average molecular weight is 452 g/mol. The first kappa shape index (κ1) is 23.8. The summed E-state index contributed by atoms with van der Waals surface area (Å²) in [5.41, 5.74) is 4.18. The number of nitriles is 1. The number of hydrogen-bond acceptors (Lipinski definition) is 3. The highest BCUT2D eigenvalue weighted by atomic mass is 16.5. The van der Waals surface area contributed by atoms with Crippen LogP contribution in [0.4, 0.5) is 0 Å². The van der Waals surface area contributed by atoms with Gasteiger partial charge >= 0.3 is 5.97 Å². The Balaban J connectivity index is 1.63. The molecule has 174 valence electrons. The molecule has 0 N–H and O–H groups in total. The fourth-order valence-corrected chi connectivity index (χ4v) is 4.99. The van der Waals surface area contributed by atoms with Crippen LogP contribution >= 0.6 is 0 Å². The highest BCUT2D eigenvalue weighted by Crippen LogP contribution is 2.42. The van der Waals surface area contributed by atoms with Gasteiger partial charge in [-0.1, -0.05) is 94.1 Å². The van der Waals surface area contributed by atoms with Gasteiger partial charge in [0.2, 0.25) is 0 Å². The molecule has 0 unspecified atom stereocenters. The Kier molecular flexibility index (Phi) is 7.48. The van der Waals surface area contributed by atoms with E-state index in [0.29, 0.717) is 17.2 Å². The Morgan fingerprint density at radius 2 is 1.65 bits per heavy atom. The van der Waals surface area contributed by atoms with Gasteiger partial charge in [-0.25, -0.2) is 0 Å². The molecular weight excluding hydrogens is 418 g/mol. The lowest BCUT2D eigenvalue weighted by Gasteiger charge is -2.35. The number of benzene rings is 3. The molecule has 0 spiro atoms. The van der Waals surface area contributed by atoms with Crippen LogP contribution in [0.2, 0.25) is 0 Å². The van der Waals surface area contributed by atoms with Crippen molar-refractivity contribution in [3.8, 4) is 22.9 Å². The Morgan fingerprint density at radius 1 is 0.971 bits per heavy atom. The molecule has 0 saturated heterocycles. The van der Waals surface area contributed by atoms with Gasteiger partial charge in [0.15, 0.2) is 0 Å². The highest BCUT2D eigenvalue weighted by molar-refractivity contribution is 5.87. The SMILES string of the molecule is CC[C@H](C)Cc1ccc(C2(C(=O)Oc3ccccc3-c3ccc(C#N)cc3)CCCCC2)cc1. The van der Waals surface area contributed by atoms with Crippen molar-refractivity contribution in [2.24, 2.45) is 5.92 Å². The molecule has 3 aromatic rings. The minimum Gasteiger partial charge on any atom is -0.425 e. The van der Waals surface area contributed by atoms with E-state index in [0.717, 1.165) is 61.6 Å². The predicted molar refractivity (Wildman–Crippen MR) is 137 cm³/mol. The minimum atomic E-state index is -0.606. The van der Waals surface area contributed by atoms with E-state index >= 15 is 0 Å². The van der Waals surface area contributed by atoms with Crippen molar-refractivity contribution < 1.29 is 9.53 Å². The van der Waals surface area contributed by atoms with E-state index in [4.69, 9.17) is 10.00 Å². The summed E-state index contributed by atoms with van der Waals surface area (Å²) >= 11 is 0. The van der Waals surface area contributed by atoms with Crippen molar-refractivity contribution in [1.29, 1.82) is 5.26 Å². The summed E-state index contributed by atoms with van der Waals surface area (Å²) in [5, 5.41) is 9.11. The molecule has 1 saturated carbocycles. The van der Waals surface area contributed by atoms with Crippen LogP contribution in [0.3, 0.4) is 0 Å². The smallest absolute Gasteiger partial charge is 0.321 e. The van der Waals surface area contributed by atoms with Crippen LogP contribution in [0, 0.1) is 17.2 Å². The second kappa shape index (κ2) is 10.7. The third kappa shape index (κ3) is 5.07. The minimum absolute atomic E-state index is 0.164. The van der Waals surface area contributed by atoms with Gasteiger partial charge in [-0.2, -0.15) is 5.26 Å². The average Bonchev–Trinajstić information content (AvgIpc) is 2.89. The summed E-state index contributed by atoms with van der Waals surface area (Å²) in [5.74, 6) is 1.05. The molecular formula is C31H33NO2. The van der Waals surface area contributed by atoms with Crippen LogP contribution in [0.15, 0.2) is 72.8 Å². The summed E-state index contributed by atoms with van der Waals surface area (Å²) in [6, 6.07) is 25.9. The number of ether oxygens (including phenoxy) is 1. The number of esters is 1. The van der Waals surface area contributed by atoms with Crippen LogP contribution in [0.25, 0.3) is 11.1 Å². The monoisotopic (exact) mass is 451 g/mol. The molecule has 0 aromatic heterocycles. The van der Waals surface area contributed by atoms with E-state index in [1.54, 1.807) is 12.1 Å². The Bertz CT molecular complexity index is 1150. The zero-order valence-corrected chi connectivity index (χ0v) is 20.2. The molecule has 0 radical (unpaired) electrons. The van der Waals surface area contributed by atoms with Gasteiger partial charge in [-0.05, 0) is 60.1 Å². The van der Waals surface area contributed by atoms with Gasteiger partial charge in [0.1, 0.15) is 5.75 Å². The first-order valence-electron chi connectivity index (χ1n) is 12.5. The number of hydrogen-bond donors (Lipinski definition) is 0. The zero-order chi connectivity index (χ0) is 24.0. The largest absolute Gasteiger partial charge is 0.425 e. The zero-order valence-electron chi connectivity index (χ0n) is 20.2. The Hall–Kier alpha value is -3.38. The lowest BCUT2D eigenvalue weighted by molar-refractivity contribution is -0.142. The molecule has 1 atom stereocenters. The van der Waals surface area contributed by atoms with E-state index in [1.807, 2.05) is 36.4 Å². The number of rotatable bonds is 7. The van der Waals surface area contributed by atoms with Crippen LogP contribution in [-0.2, 0) is 16.6 Å². The quantitative estimate of drug-likeness (QED) is 0.274. The van der Waals surface area contributed by atoms with Crippen molar-refractivity contribution in [3.63, 3.8) is 0 Å². The third-order valence-corrected chi connectivity index (χ3v) is 7.30. The lowest BCUT2D eigenvalue weighted by Crippen LogP contribution is -2.41. The van der Waals surface area contributed by atoms with Gasteiger partial charge in [0.05, 0.1) is 17.0 Å². The van der Waals surface area contributed by atoms with Crippen LogP contribution in [0.5, 0.6) is 5.75 Å². The van der Waals surface area contributed by atoms with Crippen molar-refractivity contribution in [2.45, 2.75) is 64.2 Å². The molecule has 0 bridgehead atoms. The van der Waals surface area contributed by atoms with Gasteiger partial charge in [0, 0.05) is 5.56 Å². The van der Waals surface area contributed by atoms with Gasteiger partial charge in [-0.3, -0.25) is 4.79 Å². The standard InChI is InChI=1S/C31H33NO2/c1-3-23(2)21-24-13-17-27(18-14-24)31(19-7-4-8-20-31)30(33)34-29-10-6-5-9-28(29)26-15-11-25(22-32)12-16-26/h5-6,9-18,23H,3-4,7-8,19-21H2,1-2H3/t23-/m0/s1. The molecule has 3 heteroatoms. The van der Waals surface area contributed by atoms with Gasteiger partial charge in [-0.15, -0.1) is 0 Å². The second-order valence-electron chi connectivity index (χ2n) is 9.63. The number of carbonyl (C=O) groups is 1. The summed E-state index contributed by atoms with van der Waals surface area (Å²) in [4.78, 5) is 13.8. The summed E-state index contributed by atoms with van der Waals surface area (Å²) in [6.07, 6.45) is 7.07. The Labute approximate surface area is 203 Å². The topological polar surface area (TPSA) is 50.1 Å². The maximum atomic E-state index is 13.8.